The molecule has 1 heterocycles. The number of aromatic nitrogens is 2. The fourth-order valence-electron chi connectivity index (χ4n) is 1.34. The monoisotopic (exact) mass is 177 g/mol. The van der Waals surface area contributed by atoms with Gasteiger partial charge in [0.1, 0.15) is 11.6 Å². The van der Waals surface area contributed by atoms with E-state index in [2.05, 4.69) is 29.1 Å². The van der Waals surface area contributed by atoms with Crippen LogP contribution in [0.2, 0.25) is 0 Å². The first-order valence-electron chi connectivity index (χ1n) is 4.82. The van der Waals surface area contributed by atoms with Gasteiger partial charge < -0.3 is 5.32 Å². The van der Waals surface area contributed by atoms with Crippen LogP contribution >= 0.6 is 0 Å². The van der Waals surface area contributed by atoms with Gasteiger partial charge in [0.2, 0.25) is 0 Å². The van der Waals surface area contributed by atoms with Crippen LogP contribution < -0.4 is 5.32 Å². The molecule has 0 unspecified atom stereocenters. The van der Waals surface area contributed by atoms with E-state index in [-0.39, 0.29) is 5.41 Å². The summed E-state index contributed by atoms with van der Waals surface area (Å²) in [5.74, 6) is 1.94. The number of hydrogen-bond donors (Lipinski definition) is 1. The average molecular weight is 177 g/mol. The Kier molecular flexibility index (Phi) is 1.94. The molecule has 0 aromatic carbocycles. The third kappa shape index (κ3) is 1.64. The molecule has 3 nitrogen and oxygen atoms in total. The highest BCUT2D eigenvalue weighted by Gasteiger charge is 2.41. The van der Waals surface area contributed by atoms with E-state index >= 15 is 0 Å². The molecule has 0 amide bonds. The van der Waals surface area contributed by atoms with Crippen molar-refractivity contribution in [2.24, 2.45) is 0 Å². The van der Waals surface area contributed by atoms with Crippen molar-refractivity contribution in [2.45, 2.75) is 32.1 Å². The standard InChI is InChI=1S/C10H15N3/c1-3-11-8-4-7-12-9(13-8)10(2)5-6-10/h4,7H,3,5-6H2,1-2H3,(H,11,12,13). The molecule has 1 N–H and O–H groups in total. The Morgan fingerprint density at radius 2 is 2.31 bits per heavy atom. The SMILES string of the molecule is CCNc1ccnc(C2(C)CC2)n1. The van der Waals surface area contributed by atoms with Gasteiger partial charge in [-0.2, -0.15) is 0 Å². The minimum Gasteiger partial charge on any atom is -0.370 e. The van der Waals surface area contributed by atoms with Crippen molar-refractivity contribution in [3.8, 4) is 0 Å². The quantitative estimate of drug-likeness (QED) is 0.767. The summed E-state index contributed by atoms with van der Waals surface area (Å²) in [6, 6.07) is 1.92. The Morgan fingerprint density at radius 1 is 1.54 bits per heavy atom. The Balaban J connectivity index is 2.22. The van der Waals surface area contributed by atoms with Crippen LogP contribution in [0.5, 0.6) is 0 Å². The molecule has 1 aromatic rings. The van der Waals surface area contributed by atoms with Gasteiger partial charge in [0.25, 0.3) is 0 Å². The van der Waals surface area contributed by atoms with Gasteiger partial charge in [0.15, 0.2) is 0 Å². The third-order valence-corrected chi connectivity index (χ3v) is 2.55. The fraction of sp³-hybridized carbons (Fsp3) is 0.600. The van der Waals surface area contributed by atoms with Crippen LogP contribution in [-0.4, -0.2) is 16.5 Å². The zero-order valence-corrected chi connectivity index (χ0v) is 8.17. The molecule has 2 rings (SSSR count). The molecule has 0 saturated heterocycles. The van der Waals surface area contributed by atoms with Crippen LogP contribution in [0.25, 0.3) is 0 Å². The first kappa shape index (κ1) is 8.48. The summed E-state index contributed by atoms with van der Waals surface area (Å²) < 4.78 is 0. The summed E-state index contributed by atoms with van der Waals surface area (Å²) in [7, 11) is 0. The van der Waals surface area contributed by atoms with E-state index in [0.717, 1.165) is 18.2 Å². The molecule has 0 bridgehead atoms. The number of anilines is 1. The lowest BCUT2D eigenvalue weighted by atomic mass is 10.1. The maximum Gasteiger partial charge on any atom is 0.136 e. The zero-order chi connectivity index (χ0) is 9.31. The van der Waals surface area contributed by atoms with Gasteiger partial charge in [-0.25, -0.2) is 9.97 Å². The molecule has 0 spiro atoms. The molecular weight excluding hydrogens is 162 g/mol. The van der Waals surface area contributed by atoms with Gasteiger partial charge in [0, 0.05) is 18.2 Å². The highest BCUT2D eigenvalue weighted by atomic mass is 15.0. The maximum absolute atomic E-state index is 4.47. The zero-order valence-electron chi connectivity index (χ0n) is 8.17. The molecule has 1 fully saturated rings. The molecule has 1 aliphatic rings. The number of nitrogens with one attached hydrogen (secondary N) is 1. The molecule has 1 aromatic heterocycles. The molecule has 1 aliphatic carbocycles. The second-order valence-electron chi connectivity index (χ2n) is 3.86. The highest BCUT2D eigenvalue weighted by Crippen LogP contribution is 2.45. The molecule has 70 valence electrons. The van der Waals surface area contributed by atoms with Crippen LogP contribution in [0.1, 0.15) is 32.5 Å². The molecule has 0 radical (unpaired) electrons. The first-order chi connectivity index (χ1) is 6.24. The Labute approximate surface area is 78.6 Å². The molecule has 0 aliphatic heterocycles. The van der Waals surface area contributed by atoms with Crippen molar-refractivity contribution in [1.29, 1.82) is 0 Å². The Hall–Kier alpha value is -1.12. The van der Waals surface area contributed by atoms with Gasteiger partial charge in [-0.05, 0) is 25.8 Å². The van der Waals surface area contributed by atoms with Gasteiger partial charge in [0.05, 0.1) is 0 Å². The molecule has 13 heavy (non-hydrogen) atoms. The van der Waals surface area contributed by atoms with Gasteiger partial charge in [-0.3, -0.25) is 0 Å². The lowest BCUT2D eigenvalue weighted by Crippen LogP contribution is -2.09. The van der Waals surface area contributed by atoms with Crippen molar-refractivity contribution in [1.82, 2.24) is 9.97 Å². The summed E-state index contributed by atoms with van der Waals surface area (Å²) in [5, 5.41) is 3.20. The number of nitrogens with zero attached hydrogens (tertiary/aromatic N) is 2. The number of rotatable bonds is 3. The average Bonchev–Trinajstić information content (AvgIpc) is 2.86. The molecular formula is C10H15N3. The lowest BCUT2D eigenvalue weighted by molar-refractivity contribution is 0.709. The lowest BCUT2D eigenvalue weighted by Gasteiger charge is -2.08. The topological polar surface area (TPSA) is 37.8 Å². The van der Waals surface area contributed by atoms with Crippen molar-refractivity contribution in [3.63, 3.8) is 0 Å². The maximum atomic E-state index is 4.47. The van der Waals surface area contributed by atoms with E-state index in [1.807, 2.05) is 12.3 Å². The van der Waals surface area contributed by atoms with Crippen LogP contribution in [0.3, 0.4) is 0 Å². The number of hydrogen-bond acceptors (Lipinski definition) is 3. The molecule has 1 saturated carbocycles. The molecule has 0 atom stereocenters. The predicted molar refractivity (Wildman–Crippen MR) is 52.8 cm³/mol. The minimum atomic E-state index is 0.269. The third-order valence-electron chi connectivity index (χ3n) is 2.55. The smallest absolute Gasteiger partial charge is 0.136 e. The van der Waals surface area contributed by atoms with E-state index < -0.39 is 0 Å². The van der Waals surface area contributed by atoms with Gasteiger partial charge in [-0.15, -0.1) is 0 Å². The van der Waals surface area contributed by atoms with Crippen LogP contribution in [-0.2, 0) is 5.41 Å². The fourth-order valence-corrected chi connectivity index (χ4v) is 1.34. The normalized spacial score (nSPS) is 18.3. The van der Waals surface area contributed by atoms with Gasteiger partial charge >= 0.3 is 0 Å². The van der Waals surface area contributed by atoms with Crippen LogP contribution in [0, 0.1) is 0 Å². The largest absolute Gasteiger partial charge is 0.370 e. The first-order valence-corrected chi connectivity index (χ1v) is 4.82. The van der Waals surface area contributed by atoms with Crippen molar-refractivity contribution >= 4 is 5.82 Å². The summed E-state index contributed by atoms with van der Waals surface area (Å²) >= 11 is 0. The predicted octanol–water partition coefficient (Wildman–Crippen LogP) is 1.96. The Morgan fingerprint density at radius 3 is 2.92 bits per heavy atom. The van der Waals surface area contributed by atoms with Crippen molar-refractivity contribution in [3.05, 3.63) is 18.1 Å². The van der Waals surface area contributed by atoms with E-state index in [0.29, 0.717) is 0 Å². The summed E-state index contributed by atoms with van der Waals surface area (Å²) in [6.45, 7) is 5.20. The Bertz CT molecular complexity index is 305. The second kappa shape index (κ2) is 2.98. The van der Waals surface area contributed by atoms with E-state index in [1.165, 1.54) is 12.8 Å². The van der Waals surface area contributed by atoms with Gasteiger partial charge in [-0.1, -0.05) is 6.92 Å². The van der Waals surface area contributed by atoms with E-state index in [4.69, 9.17) is 0 Å². The summed E-state index contributed by atoms with van der Waals surface area (Å²) in [5.41, 5.74) is 0.269. The van der Waals surface area contributed by atoms with Crippen LogP contribution in [0.15, 0.2) is 12.3 Å². The van der Waals surface area contributed by atoms with E-state index in [9.17, 15) is 0 Å². The second-order valence-corrected chi connectivity index (χ2v) is 3.86. The molecule has 3 heteroatoms. The van der Waals surface area contributed by atoms with Crippen molar-refractivity contribution < 1.29 is 0 Å². The summed E-state index contributed by atoms with van der Waals surface area (Å²) in [4.78, 5) is 8.78. The highest BCUT2D eigenvalue weighted by molar-refractivity contribution is 5.34. The van der Waals surface area contributed by atoms with Crippen LogP contribution in [0.4, 0.5) is 5.82 Å². The minimum absolute atomic E-state index is 0.269. The van der Waals surface area contributed by atoms with E-state index in [1.54, 1.807) is 0 Å². The van der Waals surface area contributed by atoms with Crippen molar-refractivity contribution in [2.75, 3.05) is 11.9 Å². The summed E-state index contributed by atoms with van der Waals surface area (Å²) in [6.07, 6.45) is 4.29.